The normalized spacial score (nSPS) is 15.9. The summed E-state index contributed by atoms with van der Waals surface area (Å²) < 4.78 is 10.4. The molecule has 156 valence electrons. The van der Waals surface area contributed by atoms with E-state index in [1.54, 1.807) is 0 Å². The molecule has 1 aliphatic rings. The van der Waals surface area contributed by atoms with E-state index < -0.39 is 0 Å². The number of hydrogen-bond acceptors (Lipinski definition) is 5. The van der Waals surface area contributed by atoms with Crippen molar-refractivity contribution >= 4 is 34.7 Å². The lowest BCUT2D eigenvalue weighted by molar-refractivity contribution is -0.140. The van der Waals surface area contributed by atoms with Gasteiger partial charge in [-0.3, -0.25) is 4.79 Å². The first kappa shape index (κ1) is 22.4. The van der Waals surface area contributed by atoms with Crippen LogP contribution in [0.4, 0.5) is 11.4 Å². The van der Waals surface area contributed by atoms with Gasteiger partial charge in [0.15, 0.2) is 5.11 Å². The van der Waals surface area contributed by atoms with Crippen molar-refractivity contribution in [3.05, 3.63) is 23.8 Å². The van der Waals surface area contributed by atoms with Gasteiger partial charge in [-0.1, -0.05) is 26.8 Å². The fourth-order valence-corrected chi connectivity index (χ4v) is 3.74. The van der Waals surface area contributed by atoms with Gasteiger partial charge < -0.3 is 25.4 Å². The number of methoxy groups -OCH3 is 1. The predicted molar refractivity (Wildman–Crippen MR) is 118 cm³/mol. The lowest BCUT2D eigenvalue weighted by Crippen LogP contribution is -2.42. The molecule has 1 heterocycles. The van der Waals surface area contributed by atoms with Gasteiger partial charge in [-0.2, -0.15) is 0 Å². The summed E-state index contributed by atoms with van der Waals surface area (Å²) in [4.78, 5) is 14.1. The van der Waals surface area contributed by atoms with Gasteiger partial charge in [0, 0.05) is 25.8 Å². The molecule has 0 amide bonds. The molecule has 1 aromatic carbocycles. The highest BCUT2D eigenvalue weighted by Crippen LogP contribution is 2.34. The van der Waals surface area contributed by atoms with Crippen molar-refractivity contribution in [2.45, 2.75) is 52.0 Å². The molecule has 6 nitrogen and oxygen atoms in total. The topological polar surface area (TPSA) is 76.8 Å². The number of thiocarbonyl (C=S) groups is 1. The number of ether oxygens (including phenoxy) is 2. The van der Waals surface area contributed by atoms with Crippen molar-refractivity contribution in [2.24, 2.45) is 11.7 Å². The number of hydrogen-bond donors (Lipinski definition) is 2. The highest BCUT2D eigenvalue weighted by molar-refractivity contribution is 7.80. The predicted octanol–water partition coefficient (Wildman–Crippen LogP) is 3.65. The first-order valence-electron chi connectivity index (χ1n) is 9.93. The van der Waals surface area contributed by atoms with E-state index >= 15 is 0 Å². The summed E-state index contributed by atoms with van der Waals surface area (Å²) in [5, 5.41) is 3.38. The van der Waals surface area contributed by atoms with E-state index in [9.17, 15) is 4.79 Å². The number of anilines is 2. The van der Waals surface area contributed by atoms with Crippen molar-refractivity contribution < 1.29 is 14.3 Å². The fraction of sp³-hybridized carbons (Fsp3) is 0.619. The molecule has 1 aliphatic heterocycles. The Hall–Kier alpha value is -1.86. The number of esters is 1. The Morgan fingerprint density at radius 3 is 2.61 bits per heavy atom. The summed E-state index contributed by atoms with van der Waals surface area (Å²) in [6, 6.07) is 6.66. The van der Waals surface area contributed by atoms with Crippen molar-refractivity contribution in [1.82, 2.24) is 0 Å². The van der Waals surface area contributed by atoms with Gasteiger partial charge in [0.25, 0.3) is 0 Å². The van der Waals surface area contributed by atoms with Crippen LogP contribution in [0.5, 0.6) is 0 Å². The fourth-order valence-electron chi connectivity index (χ4n) is 3.63. The SMILES string of the molecule is COC(=O)C[C@@H](C)c1ccc(N(CC(C)C)C2CCOCC2)c(NC(N)=S)c1. The van der Waals surface area contributed by atoms with Gasteiger partial charge in [0.05, 0.1) is 24.9 Å². The van der Waals surface area contributed by atoms with Crippen LogP contribution in [0.1, 0.15) is 51.5 Å². The Labute approximate surface area is 173 Å². The molecular formula is C21H33N3O3S. The molecule has 1 atom stereocenters. The van der Waals surface area contributed by atoms with Crippen LogP contribution in [-0.4, -0.2) is 44.0 Å². The Morgan fingerprint density at radius 1 is 1.36 bits per heavy atom. The molecule has 0 unspecified atom stereocenters. The number of nitrogens with two attached hydrogens (primary N) is 1. The van der Waals surface area contributed by atoms with E-state index in [2.05, 4.69) is 42.3 Å². The van der Waals surface area contributed by atoms with Gasteiger partial charge in [-0.25, -0.2) is 0 Å². The first-order valence-corrected chi connectivity index (χ1v) is 10.3. The maximum Gasteiger partial charge on any atom is 0.306 e. The summed E-state index contributed by atoms with van der Waals surface area (Å²) in [6.07, 6.45) is 2.33. The highest BCUT2D eigenvalue weighted by atomic mass is 32.1. The maximum atomic E-state index is 11.7. The zero-order valence-electron chi connectivity index (χ0n) is 17.4. The molecule has 28 heavy (non-hydrogen) atoms. The first-order chi connectivity index (χ1) is 13.3. The van der Waals surface area contributed by atoms with Gasteiger partial charge in [0.2, 0.25) is 0 Å². The van der Waals surface area contributed by atoms with E-state index in [0.29, 0.717) is 18.4 Å². The van der Waals surface area contributed by atoms with Crippen LogP contribution in [0.2, 0.25) is 0 Å². The average molecular weight is 408 g/mol. The smallest absolute Gasteiger partial charge is 0.306 e. The standard InChI is InChI=1S/C21H33N3O3S/c1-14(2)13-24(17-7-9-27-10-8-17)19-6-5-16(12-18(19)23-21(22)28)15(3)11-20(25)26-4/h5-6,12,14-15,17H,7-11,13H2,1-4H3,(H3,22,23,28)/t15-/m1/s1. The molecule has 2 rings (SSSR count). The van der Waals surface area contributed by atoms with Gasteiger partial charge in [-0.05, 0) is 54.6 Å². The molecule has 1 fully saturated rings. The summed E-state index contributed by atoms with van der Waals surface area (Å²) in [7, 11) is 1.41. The number of carbonyl (C=O) groups is 1. The monoisotopic (exact) mass is 407 g/mol. The van der Waals surface area contributed by atoms with Gasteiger partial charge in [-0.15, -0.1) is 0 Å². The largest absolute Gasteiger partial charge is 0.469 e. The zero-order chi connectivity index (χ0) is 20.7. The third-order valence-electron chi connectivity index (χ3n) is 5.05. The summed E-state index contributed by atoms with van der Waals surface area (Å²) in [5.41, 5.74) is 8.82. The number of rotatable bonds is 8. The molecule has 0 spiro atoms. The minimum Gasteiger partial charge on any atom is -0.469 e. The summed E-state index contributed by atoms with van der Waals surface area (Å²) >= 11 is 5.12. The maximum absolute atomic E-state index is 11.7. The van der Waals surface area contributed by atoms with E-state index in [4.69, 9.17) is 27.4 Å². The Morgan fingerprint density at radius 2 is 2.04 bits per heavy atom. The van der Waals surface area contributed by atoms with Crippen molar-refractivity contribution in [2.75, 3.05) is 37.1 Å². The molecular weight excluding hydrogens is 374 g/mol. The Kier molecular flexibility index (Phi) is 8.51. The zero-order valence-corrected chi connectivity index (χ0v) is 18.2. The van der Waals surface area contributed by atoms with Crippen LogP contribution in [0, 0.1) is 5.92 Å². The lowest BCUT2D eigenvalue weighted by Gasteiger charge is -2.38. The third-order valence-corrected chi connectivity index (χ3v) is 5.15. The molecule has 0 radical (unpaired) electrons. The van der Waals surface area contributed by atoms with Crippen LogP contribution >= 0.6 is 12.2 Å². The lowest BCUT2D eigenvalue weighted by atomic mass is 9.95. The van der Waals surface area contributed by atoms with Crippen molar-refractivity contribution in [3.63, 3.8) is 0 Å². The molecule has 0 aliphatic carbocycles. The summed E-state index contributed by atoms with van der Waals surface area (Å²) in [6.45, 7) is 8.96. The highest BCUT2D eigenvalue weighted by Gasteiger charge is 2.25. The van der Waals surface area contributed by atoms with Crippen LogP contribution in [0.3, 0.4) is 0 Å². The average Bonchev–Trinajstić information content (AvgIpc) is 2.66. The van der Waals surface area contributed by atoms with Crippen molar-refractivity contribution in [1.29, 1.82) is 0 Å². The van der Waals surface area contributed by atoms with Crippen LogP contribution < -0.4 is 16.0 Å². The molecule has 7 heteroatoms. The number of nitrogens with zero attached hydrogens (tertiary/aromatic N) is 1. The molecule has 3 N–H and O–H groups in total. The Bertz CT molecular complexity index is 675. The molecule has 0 aromatic heterocycles. The quantitative estimate of drug-likeness (QED) is 0.503. The minimum atomic E-state index is -0.218. The third kappa shape index (κ3) is 6.34. The van der Waals surface area contributed by atoms with E-state index in [1.165, 1.54) is 7.11 Å². The Balaban J connectivity index is 2.38. The second-order valence-corrected chi connectivity index (χ2v) is 8.28. The van der Waals surface area contributed by atoms with E-state index in [0.717, 1.165) is 49.5 Å². The number of benzene rings is 1. The number of nitrogens with one attached hydrogen (secondary N) is 1. The van der Waals surface area contributed by atoms with Gasteiger partial charge >= 0.3 is 5.97 Å². The molecule has 1 saturated heterocycles. The van der Waals surface area contributed by atoms with E-state index in [1.807, 2.05) is 6.92 Å². The minimum absolute atomic E-state index is 0.0371. The van der Waals surface area contributed by atoms with Crippen LogP contribution in [0.15, 0.2) is 18.2 Å². The summed E-state index contributed by atoms with van der Waals surface area (Å²) in [5.74, 6) is 0.331. The van der Waals surface area contributed by atoms with Crippen molar-refractivity contribution in [3.8, 4) is 0 Å². The van der Waals surface area contributed by atoms with Crippen LogP contribution in [0.25, 0.3) is 0 Å². The van der Waals surface area contributed by atoms with E-state index in [-0.39, 0.29) is 17.0 Å². The molecule has 0 saturated carbocycles. The second kappa shape index (κ2) is 10.6. The molecule has 1 aromatic rings. The van der Waals surface area contributed by atoms with Gasteiger partial charge in [0.1, 0.15) is 0 Å². The second-order valence-electron chi connectivity index (χ2n) is 7.84. The number of carbonyl (C=O) groups excluding carboxylic acids is 1. The molecule has 0 bridgehead atoms. The van der Waals surface area contributed by atoms with Crippen LogP contribution in [-0.2, 0) is 14.3 Å².